The molecule has 0 bridgehead atoms. The number of nitrogens with zero attached hydrogens (tertiary/aromatic N) is 4. The summed E-state index contributed by atoms with van der Waals surface area (Å²) in [6.07, 6.45) is 1.98. The Morgan fingerprint density at radius 2 is 1.93 bits per heavy atom. The van der Waals surface area contributed by atoms with Crippen LogP contribution in [0.5, 0.6) is 5.75 Å². The van der Waals surface area contributed by atoms with Crippen LogP contribution in [0.2, 0.25) is 0 Å². The number of benzene rings is 1. The first kappa shape index (κ1) is 19.2. The summed E-state index contributed by atoms with van der Waals surface area (Å²) in [4.78, 5) is 35.1. The normalized spacial score (nSPS) is 16.9. The van der Waals surface area contributed by atoms with Gasteiger partial charge in [-0.25, -0.2) is 4.98 Å². The van der Waals surface area contributed by atoms with Crippen LogP contribution in [0.25, 0.3) is 0 Å². The van der Waals surface area contributed by atoms with Crippen molar-refractivity contribution in [2.45, 2.75) is 6.42 Å². The smallest absolute Gasteiger partial charge is 0.265 e. The summed E-state index contributed by atoms with van der Waals surface area (Å²) in [6.45, 7) is 4.29. The minimum absolute atomic E-state index is 0.00601. The van der Waals surface area contributed by atoms with Gasteiger partial charge in [0.05, 0.1) is 17.6 Å². The molecule has 1 saturated heterocycles. The zero-order valence-corrected chi connectivity index (χ0v) is 16.5. The van der Waals surface area contributed by atoms with Crippen molar-refractivity contribution in [1.29, 1.82) is 0 Å². The van der Waals surface area contributed by atoms with Crippen LogP contribution in [0.1, 0.15) is 6.42 Å². The highest BCUT2D eigenvalue weighted by atomic mass is 16.5. The maximum Gasteiger partial charge on any atom is 0.265 e. The van der Waals surface area contributed by atoms with Crippen molar-refractivity contribution in [3.8, 4) is 5.75 Å². The van der Waals surface area contributed by atoms with E-state index in [1.165, 1.54) is 0 Å². The van der Waals surface area contributed by atoms with Gasteiger partial charge in [-0.3, -0.25) is 9.59 Å². The Labute approximate surface area is 170 Å². The topological polar surface area (TPSA) is 78.0 Å². The highest BCUT2D eigenvalue weighted by Gasteiger charge is 2.25. The molecule has 2 aromatic rings. The predicted octanol–water partition coefficient (Wildman–Crippen LogP) is 1.59. The molecule has 0 radical (unpaired) electrons. The van der Waals surface area contributed by atoms with Gasteiger partial charge in [-0.2, -0.15) is 0 Å². The van der Waals surface area contributed by atoms with Crippen molar-refractivity contribution >= 4 is 29.0 Å². The maximum atomic E-state index is 12.4. The lowest BCUT2D eigenvalue weighted by atomic mass is 10.2. The molecule has 0 aliphatic carbocycles. The van der Waals surface area contributed by atoms with Gasteiger partial charge in [-0.1, -0.05) is 12.1 Å². The molecule has 0 saturated carbocycles. The predicted molar refractivity (Wildman–Crippen MR) is 111 cm³/mol. The minimum Gasteiger partial charge on any atom is -0.482 e. The minimum atomic E-state index is -0.179. The van der Waals surface area contributed by atoms with Gasteiger partial charge < -0.3 is 24.8 Å². The third kappa shape index (κ3) is 4.48. The van der Waals surface area contributed by atoms with Gasteiger partial charge in [-0.05, 0) is 31.3 Å². The Balaban J connectivity index is 1.32. The van der Waals surface area contributed by atoms with Gasteiger partial charge in [0.1, 0.15) is 11.6 Å². The molecule has 2 amide bonds. The summed E-state index contributed by atoms with van der Waals surface area (Å²) in [5.74, 6) is 0.850. The van der Waals surface area contributed by atoms with Crippen LogP contribution in [0.15, 0.2) is 42.6 Å². The van der Waals surface area contributed by atoms with Crippen LogP contribution in [0.3, 0.4) is 0 Å². The van der Waals surface area contributed by atoms with Crippen LogP contribution in [-0.2, 0) is 9.59 Å². The number of carbonyl (C=O) groups excluding carboxylic acids is 2. The van der Waals surface area contributed by atoms with Crippen molar-refractivity contribution in [1.82, 2.24) is 9.88 Å². The number of rotatable bonds is 5. The Morgan fingerprint density at radius 3 is 2.69 bits per heavy atom. The first-order valence-corrected chi connectivity index (χ1v) is 9.82. The van der Waals surface area contributed by atoms with Crippen molar-refractivity contribution in [3.05, 3.63) is 42.6 Å². The van der Waals surface area contributed by atoms with Crippen molar-refractivity contribution < 1.29 is 14.3 Å². The molecular weight excluding hydrogens is 370 g/mol. The number of nitrogens with one attached hydrogen (secondary N) is 1. The van der Waals surface area contributed by atoms with E-state index in [1.54, 1.807) is 11.1 Å². The largest absolute Gasteiger partial charge is 0.482 e. The van der Waals surface area contributed by atoms with Gasteiger partial charge in [0, 0.05) is 39.1 Å². The molecular formula is C21H25N5O3. The fourth-order valence-electron chi connectivity index (χ4n) is 3.53. The van der Waals surface area contributed by atoms with E-state index in [0.717, 1.165) is 31.9 Å². The third-order valence-corrected chi connectivity index (χ3v) is 5.25. The SMILES string of the molecule is CN1CCN(c2ccc(NC(=O)CCN3C(=O)COc4ccccc43)nc2)CC1. The molecule has 1 N–H and O–H groups in total. The fourth-order valence-corrected chi connectivity index (χ4v) is 3.53. The summed E-state index contributed by atoms with van der Waals surface area (Å²) in [6, 6.07) is 11.1. The molecule has 1 aromatic carbocycles. The number of carbonyl (C=O) groups is 2. The number of aromatic nitrogens is 1. The van der Waals surface area contributed by atoms with Gasteiger partial charge in [-0.15, -0.1) is 0 Å². The number of hydrogen-bond donors (Lipinski definition) is 1. The summed E-state index contributed by atoms with van der Waals surface area (Å²) in [7, 11) is 2.12. The first-order valence-electron chi connectivity index (χ1n) is 9.82. The third-order valence-electron chi connectivity index (χ3n) is 5.25. The first-order chi connectivity index (χ1) is 14.1. The second-order valence-corrected chi connectivity index (χ2v) is 7.29. The second kappa shape index (κ2) is 8.48. The molecule has 0 spiro atoms. The number of hydrogen-bond acceptors (Lipinski definition) is 6. The molecule has 2 aliphatic rings. The molecule has 1 aromatic heterocycles. The van der Waals surface area contributed by atoms with E-state index in [0.29, 0.717) is 23.8 Å². The Bertz CT molecular complexity index is 878. The van der Waals surface area contributed by atoms with E-state index in [1.807, 2.05) is 36.4 Å². The highest BCUT2D eigenvalue weighted by molar-refractivity contribution is 5.99. The van der Waals surface area contributed by atoms with Crippen LogP contribution in [-0.4, -0.2) is 68.1 Å². The molecule has 8 heteroatoms. The van der Waals surface area contributed by atoms with Gasteiger partial charge in [0.25, 0.3) is 5.91 Å². The quantitative estimate of drug-likeness (QED) is 0.828. The summed E-state index contributed by atoms with van der Waals surface area (Å²) < 4.78 is 5.43. The number of amides is 2. The zero-order valence-electron chi connectivity index (χ0n) is 16.5. The van der Waals surface area contributed by atoms with E-state index >= 15 is 0 Å². The Morgan fingerprint density at radius 1 is 1.14 bits per heavy atom. The highest BCUT2D eigenvalue weighted by Crippen LogP contribution is 2.31. The van der Waals surface area contributed by atoms with Crippen LogP contribution in [0, 0.1) is 0 Å². The molecule has 0 atom stereocenters. The van der Waals surface area contributed by atoms with Gasteiger partial charge >= 0.3 is 0 Å². The molecule has 8 nitrogen and oxygen atoms in total. The molecule has 1 fully saturated rings. The summed E-state index contributed by atoms with van der Waals surface area (Å²) in [5.41, 5.74) is 1.76. The maximum absolute atomic E-state index is 12.4. The molecule has 2 aliphatic heterocycles. The molecule has 3 heterocycles. The number of para-hydroxylation sites is 2. The molecule has 152 valence electrons. The number of likely N-dealkylation sites (N-methyl/N-ethyl adjacent to an activating group) is 1. The monoisotopic (exact) mass is 395 g/mol. The zero-order chi connectivity index (χ0) is 20.2. The van der Waals surface area contributed by atoms with Crippen molar-refractivity contribution in [3.63, 3.8) is 0 Å². The van der Waals surface area contributed by atoms with E-state index in [-0.39, 0.29) is 24.8 Å². The van der Waals surface area contributed by atoms with Crippen LogP contribution in [0.4, 0.5) is 17.2 Å². The second-order valence-electron chi connectivity index (χ2n) is 7.29. The number of fused-ring (bicyclic) bond motifs is 1. The summed E-state index contributed by atoms with van der Waals surface area (Å²) in [5, 5.41) is 2.81. The van der Waals surface area contributed by atoms with Crippen molar-refractivity contribution in [2.24, 2.45) is 0 Å². The molecule has 4 rings (SSSR count). The van der Waals surface area contributed by atoms with Crippen LogP contribution >= 0.6 is 0 Å². The number of anilines is 3. The van der Waals surface area contributed by atoms with Gasteiger partial charge in [0.15, 0.2) is 6.61 Å². The Hall–Kier alpha value is -3.13. The average molecular weight is 395 g/mol. The lowest BCUT2D eigenvalue weighted by molar-refractivity contribution is -0.121. The summed E-state index contributed by atoms with van der Waals surface area (Å²) >= 11 is 0. The molecule has 29 heavy (non-hydrogen) atoms. The molecule has 0 unspecified atom stereocenters. The number of pyridine rings is 1. The van der Waals surface area contributed by atoms with E-state index < -0.39 is 0 Å². The van der Waals surface area contributed by atoms with Crippen LogP contribution < -0.4 is 19.9 Å². The lowest BCUT2D eigenvalue weighted by Gasteiger charge is -2.33. The Kier molecular flexibility index (Phi) is 5.62. The average Bonchev–Trinajstić information content (AvgIpc) is 2.74. The van der Waals surface area contributed by atoms with E-state index in [4.69, 9.17) is 4.74 Å². The van der Waals surface area contributed by atoms with E-state index in [2.05, 4.69) is 27.1 Å². The number of ether oxygens (including phenoxy) is 1. The lowest BCUT2D eigenvalue weighted by Crippen LogP contribution is -2.44. The van der Waals surface area contributed by atoms with E-state index in [9.17, 15) is 9.59 Å². The van der Waals surface area contributed by atoms with Crippen molar-refractivity contribution in [2.75, 3.05) is 61.5 Å². The number of piperazine rings is 1. The fraction of sp³-hybridized carbons (Fsp3) is 0.381. The van der Waals surface area contributed by atoms with Gasteiger partial charge in [0.2, 0.25) is 5.91 Å². The standard InChI is InChI=1S/C21H25N5O3/c1-24-10-12-25(13-11-24)16-6-7-19(22-14-16)23-20(27)8-9-26-17-4-2-3-5-18(17)29-15-21(26)28/h2-7,14H,8-13,15H2,1H3,(H,22,23,27).